The number of quaternary nitrogens is 1. The number of allylic oxidation sites excluding steroid dienone is 1. The number of nitrogens with zero attached hydrogens (tertiary/aromatic N) is 1. The normalized spacial score (nSPS) is 11.0. The second-order valence-electron chi connectivity index (χ2n) is 3.84. The van der Waals surface area contributed by atoms with Gasteiger partial charge in [-0.05, 0) is 0 Å². The van der Waals surface area contributed by atoms with Gasteiger partial charge in [0.1, 0.15) is 13.2 Å². The smallest absolute Gasteiger partial charge is 0.193 e. The van der Waals surface area contributed by atoms with Gasteiger partial charge in [0.25, 0.3) is 0 Å². The molecule has 0 atom stereocenters. The van der Waals surface area contributed by atoms with Gasteiger partial charge in [-0.3, -0.25) is 4.79 Å². The molecule has 70 valence electrons. The van der Waals surface area contributed by atoms with Crippen molar-refractivity contribution in [1.29, 1.82) is 0 Å². The average Bonchev–Trinajstić information content (AvgIpc) is 1.84. The number of carbonyl (C=O) groups is 1. The van der Waals surface area contributed by atoms with E-state index >= 15 is 0 Å². The Hall–Kier alpha value is -0.830. The zero-order valence-corrected chi connectivity index (χ0v) is 8.39. The lowest BCUT2D eigenvalue weighted by Gasteiger charge is -2.23. The number of likely N-dealkylation sites (N-methyl/N-ethyl adjacent to an activating group) is 1. The Balaban J connectivity index is 3.58. The molecule has 0 aliphatic carbocycles. The van der Waals surface area contributed by atoms with Gasteiger partial charge >= 0.3 is 0 Å². The molecule has 0 rings (SSSR count). The predicted molar refractivity (Wildman–Crippen MR) is 48.7 cm³/mol. The molecule has 0 aromatic carbocycles. The maximum Gasteiger partial charge on any atom is 0.193 e. The van der Waals surface area contributed by atoms with Crippen molar-refractivity contribution in [3.8, 4) is 0 Å². The molecule has 12 heavy (non-hydrogen) atoms. The third-order valence-corrected chi connectivity index (χ3v) is 1.43. The van der Waals surface area contributed by atoms with E-state index in [9.17, 15) is 4.79 Å². The summed E-state index contributed by atoms with van der Waals surface area (Å²) >= 11 is 0. The van der Waals surface area contributed by atoms with Crippen LogP contribution in [0.25, 0.3) is 0 Å². The topological polar surface area (TPSA) is 26.3 Å². The molecule has 0 unspecified atom stereocenters. The lowest BCUT2D eigenvalue weighted by molar-refractivity contribution is -0.870. The first-order valence-corrected chi connectivity index (χ1v) is 3.96. The summed E-state index contributed by atoms with van der Waals surface area (Å²) in [6, 6.07) is 0. The van der Waals surface area contributed by atoms with Gasteiger partial charge in [0, 0.05) is 6.92 Å². The Kier molecular flexibility index (Phi) is 3.96. The molecular formula is C9H18NO2+. The number of ketones is 1. The zero-order chi connectivity index (χ0) is 9.78. The molecule has 0 N–H and O–H groups in total. The maximum absolute atomic E-state index is 10.7. The van der Waals surface area contributed by atoms with Crippen LogP contribution in [0.2, 0.25) is 0 Å². The van der Waals surface area contributed by atoms with Gasteiger partial charge in [-0.2, -0.15) is 0 Å². The second kappa shape index (κ2) is 4.26. The minimum Gasteiger partial charge on any atom is -0.485 e. The summed E-state index contributed by atoms with van der Waals surface area (Å²) in [5.41, 5.74) is 0. The molecule has 0 bridgehead atoms. The van der Waals surface area contributed by atoms with Crippen molar-refractivity contribution in [3.63, 3.8) is 0 Å². The first kappa shape index (κ1) is 11.2. The van der Waals surface area contributed by atoms with Gasteiger partial charge in [-0.1, -0.05) is 6.58 Å². The number of rotatable bonds is 5. The summed E-state index contributed by atoms with van der Waals surface area (Å²) < 4.78 is 5.94. The highest BCUT2D eigenvalue weighted by Crippen LogP contribution is 1.96. The second-order valence-corrected chi connectivity index (χ2v) is 3.84. The van der Waals surface area contributed by atoms with E-state index in [1.807, 2.05) is 0 Å². The summed E-state index contributed by atoms with van der Waals surface area (Å²) in [5.74, 6) is 0.153. The van der Waals surface area contributed by atoms with E-state index in [0.29, 0.717) is 6.61 Å². The number of carbonyl (C=O) groups excluding carboxylic acids is 1. The van der Waals surface area contributed by atoms with Crippen LogP contribution in [0.3, 0.4) is 0 Å². The van der Waals surface area contributed by atoms with Gasteiger partial charge in [-0.15, -0.1) is 0 Å². The van der Waals surface area contributed by atoms with Crippen LogP contribution >= 0.6 is 0 Å². The Morgan fingerprint density at radius 3 is 2.25 bits per heavy atom. The van der Waals surface area contributed by atoms with E-state index < -0.39 is 0 Å². The van der Waals surface area contributed by atoms with Crippen LogP contribution in [0.4, 0.5) is 0 Å². The minimum absolute atomic E-state index is 0.101. The highest BCUT2D eigenvalue weighted by molar-refractivity contribution is 5.90. The van der Waals surface area contributed by atoms with Crippen LogP contribution in [0.1, 0.15) is 6.92 Å². The molecule has 0 fully saturated rings. The van der Waals surface area contributed by atoms with E-state index in [1.165, 1.54) is 6.92 Å². The van der Waals surface area contributed by atoms with E-state index in [4.69, 9.17) is 4.74 Å². The molecule has 0 amide bonds. The van der Waals surface area contributed by atoms with Crippen LogP contribution in [-0.2, 0) is 9.53 Å². The molecule has 0 saturated heterocycles. The first-order chi connectivity index (χ1) is 5.33. The van der Waals surface area contributed by atoms with Gasteiger partial charge in [0.2, 0.25) is 0 Å². The molecule has 0 spiro atoms. The monoisotopic (exact) mass is 172 g/mol. The van der Waals surface area contributed by atoms with Crippen molar-refractivity contribution >= 4 is 5.78 Å². The van der Waals surface area contributed by atoms with Crippen molar-refractivity contribution in [3.05, 3.63) is 12.3 Å². The molecule has 0 radical (unpaired) electrons. The molecular weight excluding hydrogens is 154 g/mol. The number of Topliss-reactive ketones (excluding diaryl/α,β-unsaturated/α-hetero) is 1. The van der Waals surface area contributed by atoms with Gasteiger partial charge in [0.15, 0.2) is 11.5 Å². The Bertz CT molecular complexity index is 179. The average molecular weight is 172 g/mol. The summed E-state index contributed by atoms with van der Waals surface area (Å²) in [4.78, 5) is 10.7. The zero-order valence-electron chi connectivity index (χ0n) is 8.39. The van der Waals surface area contributed by atoms with E-state index in [2.05, 4.69) is 27.7 Å². The van der Waals surface area contributed by atoms with Crippen LogP contribution in [0.15, 0.2) is 12.3 Å². The largest absolute Gasteiger partial charge is 0.485 e. The highest BCUT2D eigenvalue weighted by Gasteiger charge is 2.08. The molecule has 0 aromatic heterocycles. The van der Waals surface area contributed by atoms with E-state index in [1.54, 1.807) is 0 Å². The molecule has 0 aromatic rings. The van der Waals surface area contributed by atoms with Crippen molar-refractivity contribution < 1.29 is 14.0 Å². The fourth-order valence-corrected chi connectivity index (χ4v) is 0.544. The third kappa shape index (κ3) is 5.92. The highest BCUT2D eigenvalue weighted by atomic mass is 16.5. The van der Waals surface area contributed by atoms with Crippen molar-refractivity contribution in [2.45, 2.75) is 6.92 Å². The quantitative estimate of drug-likeness (QED) is 0.348. The van der Waals surface area contributed by atoms with E-state index in [-0.39, 0.29) is 11.5 Å². The number of hydrogen-bond donors (Lipinski definition) is 0. The maximum atomic E-state index is 10.7. The fraction of sp³-hybridized carbons (Fsp3) is 0.667. The van der Waals surface area contributed by atoms with Crippen molar-refractivity contribution in [2.24, 2.45) is 0 Å². The van der Waals surface area contributed by atoms with Crippen LogP contribution in [0.5, 0.6) is 0 Å². The Morgan fingerprint density at radius 1 is 1.42 bits per heavy atom. The third-order valence-electron chi connectivity index (χ3n) is 1.43. The van der Waals surface area contributed by atoms with Gasteiger partial charge in [0.05, 0.1) is 21.1 Å². The number of hydrogen-bond acceptors (Lipinski definition) is 2. The van der Waals surface area contributed by atoms with Crippen molar-refractivity contribution in [2.75, 3.05) is 34.3 Å². The van der Waals surface area contributed by atoms with Gasteiger partial charge < -0.3 is 9.22 Å². The lowest BCUT2D eigenvalue weighted by Crippen LogP contribution is -2.37. The molecule has 0 aliphatic heterocycles. The summed E-state index contributed by atoms with van der Waals surface area (Å²) in [6.07, 6.45) is 0. The minimum atomic E-state index is -0.101. The standard InChI is InChI=1S/C9H18NO2/c1-8(11)9(2)12-7-6-10(3,4)5/h2,6-7H2,1,3-5H3/q+1. The van der Waals surface area contributed by atoms with E-state index in [0.717, 1.165) is 11.0 Å². The molecule has 0 saturated carbocycles. The summed E-state index contributed by atoms with van der Waals surface area (Å²) in [6.45, 7) is 6.36. The molecule has 0 aliphatic rings. The Labute approximate surface area is 74.2 Å². The predicted octanol–water partition coefficient (Wildman–Crippen LogP) is 0.812. The molecule has 3 nitrogen and oxygen atoms in total. The first-order valence-electron chi connectivity index (χ1n) is 3.96. The lowest BCUT2D eigenvalue weighted by atomic mass is 10.4. The Morgan fingerprint density at radius 2 is 1.92 bits per heavy atom. The molecule has 0 heterocycles. The summed E-state index contributed by atoms with van der Waals surface area (Å²) in [7, 11) is 6.21. The van der Waals surface area contributed by atoms with Crippen molar-refractivity contribution in [1.82, 2.24) is 0 Å². The number of ether oxygens (including phenoxy) is 1. The SMILES string of the molecule is C=C(OCC[N+](C)(C)C)C(C)=O. The molecule has 3 heteroatoms. The van der Waals surface area contributed by atoms with Crippen LogP contribution < -0.4 is 0 Å². The fourth-order valence-electron chi connectivity index (χ4n) is 0.544. The van der Waals surface area contributed by atoms with Crippen LogP contribution in [-0.4, -0.2) is 44.6 Å². The van der Waals surface area contributed by atoms with Gasteiger partial charge in [-0.25, -0.2) is 0 Å². The summed E-state index contributed by atoms with van der Waals surface area (Å²) in [5, 5.41) is 0. The van der Waals surface area contributed by atoms with Crippen LogP contribution in [0, 0.1) is 0 Å².